The van der Waals surface area contributed by atoms with Gasteiger partial charge in [0.2, 0.25) is 0 Å². The van der Waals surface area contributed by atoms with E-state index < -0.39 is 0 Å². The first kappa shape index (κ1) is 17.8. The van der Waals surface area contributed by atoms with E-state index in [0.717, 1.165) is 33.7 Å². The molecule has 0 unspecified atom stereocenters. The molecule has 5 aromatic rings. The second kappa shape index (κ2) is 6.74. The van der Waals surface area contributed by atoms with Crippen molar-refractivity contribution in [3.63, 3.8) is 0 Å². The molecule has 1 amide bonds. The summed E-state index contributed by atoms with van der Waals surface area (Å²) in [7, 11) is 0. The van der Waals surface area contributed by atoms with E-state index in [1.54, 1.807) is 4.90 Å². The molecule has 0 saturated carbocycles. The van der Waals surface area contributed by atoms with E-state index in [9.17, 15) is 4.79 Å². The molecule has 0 atom stereocenters. The predicted octanol–water partition coefficient (Wildman–Crippen LogP) is 4.87. The van der Waals surface area contributed by atoms with Crippen LogP contribution in [0.2, 0.25) is 0 Å². The normalized spacial score (nSPS) is 13.1. The molecule has 2 aromatic carbocycles. The van der Waals surface area contributed by atoms with Crippen molar-refractivity contribution in [2.45, 2.75) is 20.0 Å². The summed E-state index contributed by atoms with van der Waals surface area (Å²) in [6.07, 6.45) is 4.01. The molecule has 6 rings (SSSR count). The average molecular weight is 408 g/mol. The summed E-state index contributed by atoms with van der Waals surface area (Å²) >= 11 is 0. The highest BCUT2D eigenvalue weighted by Gasteiger charge is 2.33. The van der Waals surface area contributed by atoms with Crippen molar-refractivity contribution in [3.8, 4) is 11.5 Å². The molecule has 0 radical (unpaired) electrons. The number of para-hydroxylation sites is 1. The SMILES string of the molecule is Cc1ccc(-n2nc3c(c2-n2cccc2)CN(C(=O)c2cc4ccccc4o2)C3)cc1. The number of nitrogens with zero attached hydrogens (tertiary/aromatic N) is 4. The number of hydrogen-bond donors (Lipinski definition) is 0. The Morgan fingerprint density at radius 1 is 0.968 bits per heavy atom. The molecule has 31 heavy (non-hydrogen) atoms. The van der Waals surface area contributed by atoms with E-state index in [2.05, 4.69) is 35.8 Å². The second-order valence-corrected chi connectivity index (χ2v) is 7.90. The van der Waals surface area contributed by atoms with E-state index in [1.807, 2.05) is 59.5 Å². The first-order chi connectivity index (χ1) is 15.2. The molecule has 0 spiro atoms. The van der Waals surface area contributed by atoms with Gasteiger partial charge in [0.1, 0.15) is 11.4 Å². The summed E-state index contributed by atoms with van der Waals surface area (Å²) in [5.41, 5.74) is 4.89. The topological polar surface area (TPSA) is 56.2 Å². The maximum Gasteiger partial charge on any atom is 0.290 e. The Kier molecular flexibility index (Phi) is 3.86. The van der Waals surface area contributed by atoms with Crippen molar-refractivity contribution in [3.05, 3.63) is 102 Å². The molecule has 0 bridgehead atoms. The maximum atomic E-state index is 13.2. The zero-order valence-corrected chi connectivity index (χ0v) is 17.0. The summed E-state index contributed by atoms with van der Waals surface area (Å²) < 4.78 is 9.82. The van der Waals surface area contributed by atoms with Gasteiger partial charge in [0.25, 0.3) is 5.91 Å². The van der Waals surface area contributed by atoms with Crippen LogP contribution < -0.4 is 0 Å². The second-order valence-electron chi connectivity index (χ2n) is 7.90. The highest BCUT2D eigenvalue weighted by molar-refractivity contribution is 5.96. The number of aromatic nitrogens is 3. The molecule has 1 aliphatic heterocycles. The van der Waals surface area contributed by atoms with Gasteiger partial charge in [0.05, 0.1) is 24.5 Å². The van der Waals surface area contributed by atoms with Crippen molar-refractivity contribution >= 4 is 16.9 Å². The van der Waals surface area contributed by atoms with Gasteiger partial charge in [0, 0.05) is 23.3 Å². The van der Waals surface area contributed by atoms with Gasteiger partial charge in [0.15, 0.2) is 5.76 Å². The minimum absolute atomic E-state index is 0.116. The van der Waals surface area contributed by atoms with Crippen LogP contribution in [0.5, 0.6) is 0 Å². The monoisotopic (exact) mass is 408 g/mol. The lowest BCUT2D eigenvalue weighted by molar-refractivity contribution is 0.0719. The summed E-state index contributed by atoms with van der Waals surface area (Å²) in [6.45, 7) is 3.02. The number of furan rings is 1. The van der Waals surface area contributed by atoms with Crippen LogP contribution in [0.3, 0.4) is 0 Å². The van der Waals surface area contributed by atoms with Gasteiger partial charge >= 0.3 is 0 Å². The largest absolute Gasteiger partial charge is 0.451 e. The first-order valence-corrected chi connectivity index (χ1v) is 10.3. The van der Waals surface area contributed by atoms with E-state index in [-0.39, 0.29) is 5.91 Å². The Balaban J connectivity index is 1.38. The summed E-state index contributed by atoms with van der Waals surface area (Å²) in [4.78, 5) is 15.0. The summed E-state index contributed by atoms with van der Waals surface area (Å²) in [5, 5.41) is 5.82. The quantitative estimate of drug-likeness (QED) is 0.428. The third kappa shape index (κ3) is 2.87. The zero-order chi connectivity index (χ0) is 20.9. The molecule has 1 aliphatic rings. The van der Waals surface area contributed by atoms with Crippen molar-refractivity contribution in [1.29, 1.82) is 0 Å². The van der Waals surface area contributed by atoms with Crippen LogP contribution >= 0.6 is 0 Å². The minimum atomic E-state index is -0.116. The summed E-state index contributed by atoms with van der Waals surface area (Å²) in [6, 6.07) is 21.8. The number of carbonyl (C=O) groups excluding carboxylic acids is 1. The molecule has 152 valence electrons. The molecule has 0 N–H and O–H groups in total. The molecule has 4 heterocycles. The molecular weight excluding hydrogens is 388 g/mol. The molecule has 6 heteroatoms. The van der Waals surface area contributed by atoms with Crippen LogP contribution in [-0.2, 0) is 13.1 Å². The van der Waals surface area contributed by atoms with Gasteiger partial charge < -0.3 is 13.9 Å². The van der Waals surface area contributed by atoms with Crippen LogP contribution in [0.15, 0.2) is 83.5 Å². The fraction of sp³-hybridized carbons (Fsp3) is 0.120. The standard InChI is InChI=1S/C25H20N4O2/c1-17-8-10-19(11-9-17)29-24(27-12-4-5-13-27)20-15-28(16-21(20)26-29)25(30)23-14-18-6-2-3-7-22(18)31-23/h2-14H,15-16H2,1H3. The van der Waals surface area contributed by atoms with Crippen LogP contribution in [-0.4, -0.2) is 25.2 Å². The Bertz CT molecular complexity index is 1380. The number of hydrogen-bond acceptors (Lipinski definition) is 3. The van der Waals surface area contributed by atoms with Gasteiger partial charge in [-0.15, -0.1) is 0 Å². The zero-order valence-electron chi connectivity index (χ0n) is 17.0. The Morgan fingerprint density at radius 3 is 2.52 bits per heavy atom. The van der Waals surface area contributed by atoms with Gasteiger partial charge in [-0.1, -0.05) is 35.9 Å². The Morgan fingerprint density at radius 2 is 1.74 bits per heavy atom. The third-order valence-electron chi connectivity index (χ3n) is 5.78. The highest BCUT2D eigenvalue weighted by Crippen LogP contribution is 2.32. The van der Waals surface area contributed by atoms with E-state index in [4.69, 9.17) is 9.52 Å². The van der Waals surface area contributed by atoms with E-state index >= 15 is 0 Å². The van der Waals surface area contributed by atoms with Crippen LogP contribution in [0.4, 0.5) is 0 Å². The van der Waals surface area contributed by atoms with Crippen LogP contribution in [0.25, 0.3) is 22.5 Å². The maximum absolute atomic E-state index is 13.2. The van der Waals surface area contributed by atoms with Gasteiger partial charge in [-0.3, -0.25) is 4.79 Å². The lowest BCUT2D eigenvalue weighted by atomic mass is 10.2. The number of carbonyl (C=O) groups is 1. The molecule has 3 aromatic heterocycles. The lowest BCUT2D eigenvalue weighted by Gasteiger charge is -2.16. The number of aryl methyl sites for hydroxylation is 1. The van der Waals surface area contributed by atoms with E-state index in [0.29, 0.717) is 18.8 Å². The van der Waals surface area contributed by atoms with Crippen molar-refractivity contribution in [2.75, 3.05) is 0 Å². The number of rotatable bonds is 3. The summed E-state index contributed by atoms with van der Waals surface area (Å²) in [5.74, 6) is 1.21. The Labute approximate surface area is 178 Å². The number of amides is 1. The molecule has 0 saturated heterocycles. The van der Waals surface area contributed by atoms with Crippen molar-refractivity contribution in [1.82, 2.24) is 19.2 Å². The highest BCUT2D eigenvalue weighted by atomic mass is 16.3. The lowest BCUT2D eigenvalue weighted by Crippen LogP contribution is -2.26. The minimum Gasteiger partial charge on any atom is -0.451 e. The average Bonchev–Trinajstić information content (AvgIpc) is 3.55. The molecule has 0 aliphatic carbocycles. The number of fused-ring (bicyclic) bond motifs is 2. The predicted molar refractivity (Wildman–Crippen MR) is 117 cm³/mol. The fourth-order valence-electron chi connectivity index (χ4n) is 4.20. The van der Waals surface area contributed by atoms with Gasteiger partial charge in [-0.25, -0.2) is 4.68 Å². The molecule has 0 fully saturated rings. The van der Waals surface area contributed by atoms with Gasteiger partial charge in [-0.05, 0) is 43.3 Å². The van der Waals surface area contributed by atoms with Crippen LogP contribution in [0, 0.1) is 6.92 Å². The molecule has 6 nitrogen and oxygen atoms in total. The smallest absolute Gasteiger partial charge is 0.290 e. The Hall–Kier alpha value is -4.06. The third-order valence-corrected chi connectivity index (χ3v) is 5.78. The number of benzene rings is 2. The van der Waals surface area contributed by atoms with Crippen LogP contribution in [0.1, 0.15) is 27.4 Å². The van der Waals surface area contributed by atoms with Crippen molar-refractivity contribution < 1.29 is 9.21 Å². The van der Waals surface area contributed by atoms with E-state index in [1.165, 1.54) is 5.56 Å². The van der Waals surface area contributed by atoms with Crippen molar-refractivity contribution in [2.24, 2.45) is 0 Å². The first-order valence-electron chi connectivity index (χ1n) is 10.3. The fourth-order valence-corrected chi connectivity index (χ4v) is 4.20. The molecular formula is C25H20N4O2. The van der Waals surface area contributed by atoms with Gasteiger partial charge in [-0.2, -0.15) is 5.10 Å².